The van der Waals surface area contributed by atoms with E-state index in [-0.39, 0.29) is 11.9 Å². The van der Waals surface area contributed by atoms with Gasteiger partial charge in [0.2, 0.25) is 5.91 Å². The number of nitrogens with zero attached hydrogens (tertiary/aromatic N) is 1. The van der Waals surface area contributed by atoms with Crippen molar-refractivity contribution in [1.29, 1.82) is 0 Å². The highest BCUT2D eigenvalue weighted by Gasteiger charge is 2.19. The molecule has 2 aromatic carbocycles. The van der Waals surface area contributed by atoms with Crippen molar-refractivity contribution in [3.63, 3.8) is 0 Å². The third-order valence-corrected chi connectivity index (χ3v) is 5.24. The molecule has 26 heavy (non-hydrogen) atoms. The fraction of sp³-hybridized carbons (Fsp3) is 0.348. The molecule has 0 bridgehead atoms. The van der Waals surface area contributed by atoms with Crippen LogP contribution in [0.1, 0.15) is 50.4 Å². The summed E-state index contributed by atoms with van der Waals surface area (Å²) in [6, 6.07) is 14.6. The van der Waals surface area contributed by atoms with Crippen molar-refractivity contribution >= 4 is 22.5 Å². The second-order valence-electron chi connectivity index (χ2n) is 6.79. The molecular formula is C23H28N2O. The second-order valence-corrected chi connectivity index (χ2v) is 6.79. The fourth-order valence-corrected chi connectivity index (χ4v) is 3.53. The standard InChI is InChI=1S/C23H28N2O/c1-5-17-11-12-21-20(15-17)13-14-25(21)16(4)23(26)24-22-18(6-2)9-8-10-19(22)7-3/h8-16H,5-7H2,1-4H3,(H,24,26). The van der Waals surface area contributed by atoms with Crippen molar-refractivity contribution in [2.75, 3.05) is 5.32 Å². The Morgan fingerprint density at radius 3 is 2.31 bits per heavy atom. The molecule has 0 saturated carbocycles. The van der Waals surface area contributed by atoms with E-state index in [4.69, 9.17) is 0 Å². The fourth-order valence-electron chi connectivity index (χ4n) is 3.53. The predicted molar refractivity (Wildman–Crippen MR) is 110 cm³/mol. The molecule has 1 N–H and O–H groups in total. The minimum absolute atomic E-state index is 0.0256. The van der Waals surface area contributed by atoms with Gasteiger partial charge in [0.25, 0.3) is 0 Å². The van der Waals surface area contributed by atoms with Gasteiger partial charge in [-0.15, -0.1) is 0 Å². The van der Waals surface area contributed by atoms with E-state index in [1.807, 2.05) is 13.1 Å². The second kappa shape index (κ2) is 7.77. The number of benzene rings is 2. The first kappa shape index (κ1) is 18.2. The molecule has 3 rings (SSSR count). The zero-order valence-electron chi connectivity index (χ0n) is 16.2. The summed E-state index contributed by atoms with van der Waals surface area (Å²) in [6.45, 7) is 8.37. The number of rotatable bonds is 6. The first-order valence-electron chi connectivity index (χ1n) is 9.60. The number of carbonyl (C=O) groups is 1. The van der Waals surface area contributed by atoms with Crippen molar-refractivity contribution in [1.82, 2.24) is 4.57 Å². The monoisotopic (exact) mass is 348 g/mol. The maximum Gasteiger partial charge on any atom is 0.247 e. The lowest BCUT2D eigenvalue weighted by Crippen LogP contribution is -2.24. The zero-order chi connectivity index (χ0) is 18.7. The summed E-state index contributed by atoms with van der Waals surface area (Å²) in [5.74, 6) is 0.0256. The molecule has 0 aliphatic rings. The minimum Gasteiger partial charge on any atom is -0.335 e. The van der Waals surface area contributed by atoms with Gasteiger partial charge in [0.15, 0.2) is 0 Å². The zero-order valence-corrected chi connectivity index (χ0v) is 16.2. The number of aromatic nitrogens is 1. The molecule has 0 fully saturated rings. The lowest BCUT2D eigenvalue weighted by atomic mass is 10.0. The summed E-state index contributed by atoms with van der Waals surface area (Å²) in [7, 11) is 0. The summed E-state index contributed by atoms with van der Waals surface area (Å²) < 4.78 is 2.06. The van der Waals surface area contributed by atoms with Crippen LogP contribution < -0.4 is 5.32 Å². The van der Waals surface area contributed by atoms with Crippen molar-refractivity contribution in [2.45, 2.75) is 53.0 Å². The Labute approximate surface area is 156 Å². The van der Waals surface area contributed by atoms with E-state index in [1.54, 1.807) is 0 Å². The first-order valence-corrected chi connectivity index (χ1v) is 9.60. The Bertz CT molecular complexity index is 901. The SMILES string of the molecule is CCc1ccc2c(ccn2C(C)C(=O)Nc2c(CC)cccc2CC)c1. The number of amides is 1. The van der Waals surface area contributed by atoms with Crippen LogP contribution in [0.4, 0.5) is 5.69 Å². The van der Waals surface area contributed by atoms with E-state index in [0.717, 1.165) is 30.5 Å². The summed E-state index contributed by atoms with van der Waals surface area (Å²) >= 11 is 0. The molecule has 136 valence electrons. The van der Waals surface area contributed by atoms with Crippen molar-refractivity contribution in [3.8, 4) is 0 Å². The third kappa shape index (κ3) is 3.39. The largest absolute Gasteiger partial charge is 0.335 e. The lowest BCUT2D eigenvalue weighted by Gasteiger charge is -2.19. The number of carbonyl (C=O) groups excluding carboxylic acids is 1. The van der Waals surface area contributed by atoms with Gasteiger partial charge in [0.1, 0.15) is 6.04 Å². The maximum absolute atomic E-state index is 13.0. The van der Waals surface area contributed by atoms with Crippen LogP contribution in [0.3, 0.4) is 0 Å². The summed E-state index contributed by atoms with van der Waals surface area (Å²) in [5.41, 5.74) is 5.78. The molecule has 1 atom stereocenters. The van der Waals surface area contributed by atoms with Gasteiger partial charge in [0, 0.05) is 17.4 Å². The Morgan fingerprint density at radius 1 is 1.00 bits per heavy atom. The molecule has 0 saturated heterocycles. The van der Waals surface area contributed by atoms with Gasteiger partial charge < -0.3 is 9.88 Å². The number of para-hydroxylation sites is 1. The molecule has 0 radical (unpaired) electrons. The highest BCUT2D eigenvalue weighted by molar-refractivity contribution is 5.96. The van der Waals surface area contributed by atoms with Crippen molar-refractivity contribution < 1.29 is 4.79 Å². The van der Waals surface area contributed by atoms with E-state index in [9.17, 15) is 4.79 Å². The normalized spacial score (nSPS) is 12.3. The molecule has 1 amide bonds. The Kier molecular flexibility index (Phi) is 5.46. The molecule has 1 unspecified atom stereocenters. The topological polar surface area (TPSA) is 34.0 Å². The third-order valence-electron chi connectivity index (χ3n) is 5.24. The van der Waals surface area contributed by atoms with Crippen LogP contribution in [-0.2, 0) is 24.1 Å². The van der Waals surface area contributed by atoms with Gasteiger partial charge >= 0.3 is 0 Å². The Hall–Kier alpha value is -2.55. The molecule has 3 heteroatoms. The number of hydrogen-bond donors (Lipinski definition) is 1. The average Bonchev–Trinajstić information content (AvgIpc) is 3.10. The highest BCUT2D eigenvalue weighted by Crippen LogP contribution is 2.26. The van der Waals surface area contributed by atoms with Gasteiger partial charge in [-0.3, -0.25) is 4.79 Å². The highest BCUT2D eigenvalue weighted by atomic mass is 16.2. The minimum atomic E-state index is -0.269. The predicted octanol–water partition coefficient (Wildman–Crippen LogP) is 5.53. The molecule has 0 aliphatic heterocycles. The maximum atomic E-state index is 13.0. The van der Waals surface area contributed by atoms with Crippen LogP contribution in [-0.4, -0.2) is 10.5 Å². The molecule has 1 aromatic heterocycles. The molecule has 0 aliphatic carbocycles. The van der Waals surface area contributed by atoms with E-state index in [0.29, 0.717) is 0 Å². The molecule has 3 aromatic rings. The number of anilines is 1. The van der Waals surface area contributed by atoms with Gasteiger partial charge in [-0.1, -0.05) is 45.0 Å². The Balaban J connectivity index is 1.90. The van der Waals surface area contributed by atoms with E-state index in [1.165, 1.54) is 22.1 Å². The molecular weight excluding hydrogens is 320 g/mol. The van der Waals surface area contributed by atoms with E-state index >= 15 is 0 Å². The Morgan fingerprint density at radius 2 is 1.69 bits per heavy atom. The number of hydrogen-bond acceptors (Lipinski definition) is 1. The molecule has 3 nitrogen and oxygen atoms in total. The van der Waals surface area contributed by atoms with Gasteiger partial charge in [-0.25, -0.2) is 0 Å². The van der Waals surface area contributed by atoms with Crippen LogP contribution in [0.15, 0.2) is 48.7 Å². The molecule has 1 heterocycles. The van der Waals surface area contributed by atoms with Crippen molar-refractivity contribution in [3.05, 3.63) is 65.4 Å². The van der Waals surface area contributed by atoms with Gasteiger partial charge in [-0.05, 0) is 66.5 Å². The van der Waals surface area contributed by atoms with E-state index < -0.39 is 0 Å². The smallest absolute Gasteiger partial charge is 0.247 e. The van der Waals surface area contributed by atoms with Crippen LogP contribution in [0.5, 0.6) is 0 Å². The quantitative estimate of drug-likeness (QED) is 0.624. The van der Waals surface area contributed by atoms with Crippen LogP contribution in [0.2, 0.25) is 0 Å². The summed E-state index contributed by atoms with van der Waals surface area (Å²) in [5, 5.41) is 4.38. The molecule has 0 spiro atoms. The summed E-state index contributed by atoms with van der Waals surface area (Å²) in [6.07, 6.45) is 4.85. The average molecular weight is 348 g/mol. The van der Waals surface area contributed by atoms with E-state index in [2.05, 4.69) is 73.1 Å². The van der Waals surface area contributed by atoms with Crippen molar-refractivity contribution in [2.24, 2.45) is 0 Å². The number of aryl methyl sites for hydroxylation is 3. The summed E-state index contributed by atoms with van der Waals surface area (Å²) in [4.78, 5) is 13.0. The number of nitrogens with one attached hydrogen (secondary N) is 1. The van der Waals surface area contributed by atoms with Gasteiger partial charge in [-0.2, -0.15) is 0 Å². The lowest BCUT2D eigenvalue weighted by molar-refractivity contribution is -0.118. The van der Waals surface area contributed by atoms with Crippen LogP contribution in [0.25, 0.3) is 10.9 Å². The van der Waals surface area contributed by atoms with Gasteiger partial charge in [0.05, 0.1) is 0 Å². The van der Waals surface area contributed by atoms with Crippen LogP contribution >= 0.6 is 0 Å². The first-order chi connectivity index (χ1) is 12.6. The number of fused-ring (bicyclic) bond motifs is 1. The van der Waals surface area contributed by atoms with Crippen LogP contribution in [0, 0.1) is 0 Å².